The van der Waals surface area contributed by atoms with Crippen molar-refractivity contribution in [1.82, 2.24) is 0 Å². The van der Waals surface area contributed by atoms with Crippen LogP contribution in [-0.4, -0.2) is 96.4 Å². The number of carbonyl (C=O) groups excluding carboxylic acids is 3. The predicted octanol–water partition coefficient (Wildman–Crippen LogP) is 5.86. The van der Waals surface area contributed by atoms with Crippen LogP contribution in [0.1, 0.15) is 85.5 Å². The summed E-state index contributed by atoms with van der Waals surface area (Å²) in [6.45, 7) is 8.02. The van der Waals surface area contributed by atoms with Gasteiger partial charge in [0.2, 0.25) is 0 Å². The molecule has 2 saturated heterocycles. The van der Waals surface area contributed by atoms with Crippen molar-refractivity contribution in [1.29, 1.82) is 0 Å². The molecule has 284 valence electrons. The van der Waals surface area contributed by atoms with Gasteiger partial charge in [0.05, 0.1) is 32.8 Å². The normalized spacial score (nSPS) is 16.6. The minimum Gasteiger partial charge on any atom is -0.481 e. The predicted molar refractivity (Wildman–Crippen MR) is 193 cm³/mol. The monoisotopic (exact) mass is 755 g/mol. The first-order valence-corrected chi connectivity index (χ1v) is 17.6. The zero-order chi connectivity index (χ0) is 37.9. The Hall–Kier alpha value is -3.10. The quantitative estimate of drug-likeness (QED) is 0.134. The third-order valence-electron chi connectivity index (χ3n) is 8.66. The van der Waals surface area contributed by atoms with Gasteiger partial charge in [0.1, 0.15) is 12.7 Å². The summed E-state index contributed by atoms with van der Waals surface area (Å²) in [5, 5.41) is 9.22. The largest absolute Gasteiger partial charge is 0.481 e. The summed E-state index contributed by atoms with van der Waals surface area (Å²) in [5.41, 5.74) is 9.59. The number of nitrogens with two attached hydrogens (primary N) is 1. The molecule has 1 atom stereocenters. The Bertz CT molecular complexity index is 1400. The maximum atomic E-state index is 11.7. The average Bonchev–Trinajstić information content (AvgIpc) is 3.09. The van der Waals surface area contributed by atoms with Crippen LogP contribution >= 0.6 is 23.2 Å². The van der Waals surface area contributed by atoms with Gasteiger partial charge in [-0.3, -0.25) is 19.2 Å². The number of carboxylic acids is 1. The van der Waals surface area contributed by atoms with Crippen LogP contribution in [0.15, 0.2) is 36.4 Å². The molecule has 2 aliphatic rings. The van der Waals surface area contributed by atoms with Gasteiger partial charge in [-0.2, -0.15) is 0 Å². The molecule has 2 aromatic carbocycles. The number of hydrogen-bond acceptors (Lipinski definition) is 11. The Labute approximate surface area is 310 Å². The molecular formula is C37H51Cl2NO11. The van der Waals surface area contributed by atoms with Crippen molar-refractivity contribution in [2.24, 2.45) is 5.73 Å². The number of rotatable bonds is 14. The Morgan fingerprint density at radius 3 is 1.73 bits per heavy atom. The summed E-state index contributed by atoms with van der Waals surface area (Å²) in [7, 11) is 3.40. The SMILES string of the molecule is CCOC(=O)CC(=O)O.CCOC(=O)CC(N)c1cc(Cl)cc(C2(COC)CCOCC2)c1.COCC1(c2cc(Cl)cc(C=O)c2)CCOCC1. The zero-order valence-corrected chi connectivity index (χ0v) is 31.4. The maximum Gasteiger partial charge on any atom is 0.317 e. The zero-order valence-electron chi connectivity index (χ0n) is 29.9. The molecule has 0 saturated carbocycles. The molecule has 14 heteroatoms. The number of aliphatic carboxylic acids is 1. The Morgan fingerprint density at radius 1 is 0.804 bits per heavy atom. The van der Waals surface area contributed by atoms with E-state index < -0.39 is 24.4 Å². The fourth-order valence-corrected chi connectivity index (χ4v) is 6.57. The number of ether oxygens (including phenoxy) is 6. The van der Waals surface area contributed by atoms with E-state index in [0.717, 1.165) is 48.7 Å². The van der Waals surface area contributed by atoms with Crippen molar-refractivity contribution in [3.63, 3.8) is 0 Å². The van der Waals surface area contributed by atoms with Gasteiger partial charge in [0.15, 0.2) is 0 Å². The minimum absolute atomic E-state index is 0.0876. The van der Waals surface area contributed by atoms with E-state index >= 15 is 0 Å². The van der Waals surface area contributed by atoms with Gasteiger partial charge in [-0.1, -0.05) is 29.3 Å². The van der Waals surface area contributed by atoms with Crippen molar-refractivity contribution in [3.05, 3.63) is 68.7 Å². The molecule has 0 radical (unpaired) electrons. The summed E-state index contributed by atoms with van der Waals surface area (Å²) in [6, 6.07) is 10.9. The van der Waals surface area contributed by atoms with Crippen LogP contribution in [0.25, 0.3) is 0 Å². The lowest BCUT2D eigenvalue weighted by molar-refractivity contribution is -0.151. The molecular weight excluding hydrogens is 705 g/mol. The fraction of sp³-hybridized carbons (Fsp3) is 0.568. The molecule has 2 aromatic rings. The van der Waals surface area contributed by atoms with Crippen molar-refractivity contribution < 1.29 is 52.7 Å². The molecule has 2 aliphatic heterocycles. The van der Waals surface area contributed by atoms with Crippen LogP contribution in [0.5, 0.6) is 0 Å². The molecule has 12 nitrogen and oxygen atoms in total. The molecule has 2 heterocycles. The number of hydrogen-bond donors (Lipinski definition) is 2. The Kier molecular flexibility index (Phi) is 19.7. The molecule has 0 bridgehead atoms. The second kappa shape index (κ2) is 22.8. The topological polar surface area (TPSA) is 170 Å². The van der Waals surface area contributed by atoms with Crippen LogP contribution in [-0.2, 0) is 53.6 Å². The van der Waals surface area contributed by atoms with Crippen LogP contribution in [0.2, 0.25) is 10.0 Å². The number of carbonyl (C=O) groups is 4. The third kappa shape index (κ3) is 14.4. The number of esters is 2. The van der Waals surface area contributed by atoms with Crippen molar-refractivity contribution in [2.45, 2.75) is 69.2 Å². The molecule has 0 spiro atoms. The van der Waals surface area contributed by atoms with E-state index in [1.165, 1.54) is 0 Å². The molecule has 1 unspecified atom stereocenters. The van der Waals surface area contributed by atoms with Crippen LogP contribution < -0.4 is 5.73 Å². The van der Waals surface area contributed by atoms with Crippen molar-refractivity contribution in [2.75, 3.05) is 67.1 Å². The number of halogens is 2. The highest BCUT2D eigenvalue weighted by Crippen LogP contribution is 2.38. The molecule has 4 rings (SSSR count). The van der Waals surface area contributed by atoms with E-state index in [-0.39, 0.29) is 29.8 Å². The summed E-state index contributed by atoms with van der Waals surface area (Å²) in [5.74, 6) is -2.15. The van der Waals surface area contributed by atoms with Gasteiger partial charge in [-0.25, -0.2) is 0 Å². The summed E-state index contributed by atoms with van der Waals surface area (Å²) >= 11 is 12.4. The second-order valence-electron chi connectivity index (χ2n) is 12.3. The molecule has 0 aromatic heterocycles. The standard InChI is InChI=1S/C18H26ClNO4.C14H17ClO3.C5H8O4/c1-3-24-17(21)11-16(20)13-8-14(10-15(19)9-13)18(12-22-2)4-6-23-7-5-18;1-17-10-14(2-4-18-5-3-14)12-6-11(9-16)7-13(15)8-12;1-2-9-5(8)3-4(6)7/h8-10,16H,3-7,11-12,20H2,1-2H3;6-9H,2-5,10H2,1H3;2-3H2,1H3,(H,6,7). The van der Waals surface area contributed by atoms with E-state index in [9.17, 15) is 19.2 Å². The summed E-state index contributed by atoms with van der Waals surface area (Å²) in [6.07, 6.45) is 3.93. The molecule has 0 amide bonds. The highest BCUT2D eigenvalue weighted by molar-refractivity contribution is 6.31. The van der Waals surface area contributed by atoms with Crippen molar-refractivity contribution >= 4 is 47.4 Å². The summed E-state index contributed by atoms with van der Waals surface area (Å²) in [4.78, 5) is 42.7. The smallest absolute Gasteiger partial charge is 0.317 e. The Morgan fingerprint density at radius 2 is 1.27 bits per heavy atom. The average molecular weight is 757 g/mol. The molecule has 3 N–H and O–H groups in total. The fourth-order valence-electron chi connectivity index (χ4n) is 6.08. The highest BCUT2D eigenvalue weighted by Gasteiger charge is 2.36. The van der Waals surface area contributed by atoms with Crippen molar-refractivity contribution in [3.8, 4) is 0 Å². The van der Waals surface area contributed by atoms with Crippen LogP contribution in [0.4, 0.5) is 0 Å². The highest BCUT2D eigenvalue weighted by atomic mass is 35.5. The molecule has 0 aliphatic carbocycles. The van der Waals surface area contributed by atoms with Crippen LogP contribution in [0, 0.1) is 0 Å². The van der Waals surface area contributed by atoms with Gasteiger partial charge in [0.25, 0.3) is 0 Å². The number of aldehydes is 1. The lowest BCUT2D eigenvalue weighted by atomic mass is 9.74. The van der Waals surface area contributed by atoms with Gasteiger partial charge >= 0.3 is 17.9 Å². The maximum absolute atomic E-state index is 11.7. The second-order valence-corrected chi connectivity index (χ2v) is 13.2. The lowest BCUT2D eigenvalue weighted by Crippen LogP contribution is -2.38. The lowest BCUT2D eigenvalue weighted by Gasteiger charge is -2.37. The minimum atomic E-state index is -1.16. The third-order valence-corrected chi connectivity index (χ3v) is 9.10. The molecule has 51 heavy (non-hydrogen) atoms. The number of benzene rings is 2. The summed E-state index contributed by atoms with van der Waals surface area (Å²) < 4.78 is 31.1. The number of carboxylic acid groups (broad SMARTS) is 1. The Balaban J connectivity index is 0.000000293. The van der Waals surface area contributed by atoms with Gasteiger partial charge in [-0.15, -0.1) is 0 Å². The number of methoxy groups -OCH3 is 2. The van der Waals surface area contributed by atoms with Gasteiger partial charge in [-0.05, 0) is 86.6 Å². The first kappa shape index (κ1) is 44.1. The van der Waals surface area contributed by atoms with Crippen LogP contribution in [0.3, 0.4) is 0 Å². The molecule has 2 fully saturated rings. The van der Waals surface area contributed by atoms with E-state index in [0.29, 0.717) is 61.9 Å². The first-order valence-electron chi connectivity index (χ1n) is 16.9. The first-order chi connectivity index (χ1) is 24.4. The van der Waals surface area contributed by atoms with E-state index in [2.05, 4.69) is 4.74 Å². The van der Waals surface area contributed by atoms with Gasteiger partial charge in [0, 0.05) is 73.1 Å². The van der Waals surface area contributed by atoms with E-state index in [1.54, 1.807) is 34.1 Å². The van der Waals surface area contributed by atoms with E-state index in [4.69, 9.17) is 57.7 Å². The van der Waals surface area contributed by atoms with Gasteiger partial charge < -0.3 is 39.3 Å². The van der Waals surface area contributed by atoms with E-state index in [1.807, 2.05) is 30.3 Å².